The molecule has 3 rings (SSSR count). The topological polar surface area (TPSA) is 12.9 Å². The summed E-state index contributed by atoms with van der Waals surface area (Å²) < 4.78 is 0. The van der Waals surface area contributed by atoms with E-state index >= 15 is 0 Å². The van der Waals surface area contributed by atoms with E-state index in [2.05, 4.69) is 56.3 Å². The molecule has 1 nitrogen and oxygen atoms in total. The third-order valence-corrected chi connectivity index (χ3v) is 5.25. The Balaban J connectivity index is 1.72. The molecule has 0 fully saturated rings. The van der Waals surface area contributed by atoms with Crippen LogP contribution in [0.5, 0.6) is 0 Å². The second-order valence-corrected chi connectivity index (χ2v) is 7.50. The first kappa shape index (κ1) is 16.9. The van der Waals surface area contributed by atoms with Crippen LogP contribution >= 0.6 is 11.3 Å². The van der Waals surface area contributed by atoms with Gasteiger partial charge < -0.3 is 0 Å². The molecule has 0 N–H and O–H groups in total. The van der Waals surface area contributed by atoms with E-state index in [1.165, 1.54) is 46.0 Å². The van der Waals surface area contributed by atoms with Gasteiger partial charge in [0.15, 0.2) is 0 Å². The molecule has 0 aliphatic heterocycles. The van der Waals surface area contributed by atoms with Crippen molar-refractivity contribution in [2.24, 2.45) is 0 Å². The van der Waals surface area contributed by atoms with Crippen molar-refractivity contribution in [3.8, 4) is 11.1 Å². The second-order valence-electron chi connectivity index (χ2n) is 6.21. The molecule has 123 valence electrons. The lowest BCUT2D eigenvalue weighted by atomic mass is 10.0. The van der Waals surface area contributed by atoms with Gasteiger partial charge >= 0.3 is 0 Å². The molecule has 0 atom stereocenters. The summed E-state index contributed by atoms with van der Waals surface area (Å²) in [6, 6.07) is 20.3. The minimum atomic E-state index is 0.992. The molecular formula is C22H24NS. The zero-order chi connectivity index (χ0) is 16.8. The Morgan fingerprint density at radius 1 is 1.04 bits per heavy atom. The molecular weight excluding hydrogens is 310 g/mol. The van der Waals surface area contributed by atoms with Gasteiger partial charge in [0.1, 0.15) is 0 Å². The van der Waals surface area contributed by atoms with Crippen LogP contribution in [0.15, 0.2) is 48.5 Å². The minimum absolute atomic E-state index is 0.992. The van der Waals surface area contributed by atoms with Gasteiger partial charge in [-0.2, -0.15) is 0 Å². The molecule has 0 aliphatic carbocycles. The van der Waals surface area contributed by atoms with Crippen molar-refractivity contribution < 1.29 is 0 Å². The van der Waals surface area contributed by atoms with Crippen LogP contribution in [0, 0.1) is 13.0 Å². The molecule has 3 aromatic rings. The lowest BCUT2D eigenvalue weighted by Crippen LogP contribution is -1.94. The highest BCUT2D eigenvalue weighted by atomic mass is 32.1. The van der Waals surface area contributed by atoms with Gasteiger partial charge in [0.2, 0.25) is 0 Å². The number of aromatic nitrogens is 1. The Morgan fingerprint density at radius 2 is 1.88 bits per heavy atom. The van der Waals surface area contributed by atoms with E-state index in [-0.39, 0.29) is 0 Å². The van der Waals surface area contributed by atoms with Crippen LogP contribution in [0.3, 0.4) is 0 Å². The third-order valence-electron chi connectivity index (χ3n) is 4.24. The predicted molar refractivity (Wildman–Crippen MR) is 104 cm³/mol. The van der Waals surface area contributed by atoms with Crippen LogP contribution in [0.1, 0.15) is 47.3 Å². The molecule has 0 saturated heterocycles. The van der Waals surface area contributed by atoms with E-state index in [0.29, 0.717) is 0 Å². The van der Waals surface area contributed by atoms with E-state index in [1.54, 1.807) is 0 Å². The van der Waals surface area contributed by atoms with Gasteiger partial charge in [0.05, 0.1) is 10.7 Å². The molecule has 0 bridgehead atoms. The summed E-state index contributed by atoms with van der Waals surface area (Å²) in [6.07, 6.45) is 5.90. The molecule has 1 aromatic heterocycles. The predicted octanol–water partition coefficient (Wildman–Crippen LogP) is 6.24. The van der Waals surface area contributed by atoms with Crippen LogP contribution in [-0.2, 0) is 12.8 Å². The summed E-state index contributed by atoms with van der Waals surface area (Å²) >= 11 is 1.85. The molecule has 1 heterocycles. The van der Waals surface area contributed by atoms with Crippen LogP contribution < -0.4 is 0 Å². The number of hydrogen-bond acceptors (Lipinski definition) is 2. The van der Waals surface area contributed by atoms with Gasteiger partial charge in [0.25, 0.3) is 0 Å². The molecule has 2 heteroatoms. The molecule has 2 aromatic carbocycles. The lowest BCUT2D eigenvalue weighted by Gasteiger charge is -2.05. The summed E-state index contributed by atoms with van der Waals surface area (Å²) in [6.45, 7) is 4.37. The first-order valence-electron chi connectivity index (χ1n) is 8.77. The van der Waals surface area contributed by atoms with Gasteiger partial charge in [-0.05, 0) is 42.5 Å². The van der Waals surface area contributed by atoms with Crippen LogP contribution in [-0.4, -0.2) is 4.98 Å². The smallest absolute Gasteiger partial charge is 0.0900 e. The fraction of sp³-hybridized carbons (Fsp3) is 0.318. The average molecular weight is 335 g/mol. The molecule has 0 aliphatic rings. The van der Waals surface area contributed by atoms with Crippen LogP contribution in [0.2, 0.25) is 0 Å². The maximum absolute atomic E-state index is 4.76. The molecule has 24 heavy (non-hydrogen) atoms. The number of nitrogens with zero attached hydrogens (tertiary/aromatic N) is 1. The Hall–Kier alpha value is -1.93. The molecule has 1 radical (unpaired) electrons. The highest BCUT2D eigenvalue weighted by molar-refractivity contribution is 7.11. The van der Waals surface area contributed by atoms with Crippen molar-refractivity contribution in [1.29, 1.82) is 0 Å². The quantitative estimate of drug-likeness (QED) is 0.466. The van der Waals surface area contributed by atoms with Crippen molar-refractivity contribution in [3.05, 3.63) is 75.7 Å². The van der Waals surface area contributed by atoms with E-state index < -0.39 is 0 Å². The monoisotopic (exact) mass is 334 g/mol. The van der Waals surface area contributed by atoms with Crippen molar-refractivity contribution in [2.75, 3.05) is 0 Å². The lowest BCUT2D eigenvalue weighted by molar-refractivity contribution is 0.706. The van der Waals surface area contributed by atoms with Gasteiger partial charge in [0, 0.05) is 11.3 Å². The summed E-state index contributed by atoms with van der Waals surface area (Å²) in [5.41, 5.74) is 5.04. The van der Waals surface area contributed by atoms with Gasteiger partial charge in [-0.3, -0.25) is 0 Å². The van der Waals surface area contributed by atoms with Crippen molar-refractivity contribution in [1.82, 2.24) is 4.98 Å². The van der Waals surface area contributed by atoms with E-state index in [0.717, 1.165) is 18.4 Å². The summed E-state index contributed by atoms with van der Waals surface area (Å²) in [4.78, 5) is 6.19. The zero-order valence-electron chi connectivity index (χ0n) is 14.5. The first-order valence-corrected chi connectivity index (χ1v) is 9.59. The molecule has 0 amide bonds. The second kappa shape index (κ2) is 8.25. The van der Waals surface area contributed by atoms with Crippen molar-refractivity contribution >= 4 is 11.3 Å². The highest BCUT2D eigenvalue weighted by Crippen LogP contribution is 2.25. The number of unbranched alkanes of at least 4 members (excludes halogenated alkanes) is 2. The SMILES string of the molecule is CCCCCc1nc(C)sc1Cc1ccc(-c2[c]cccc2)cc1. The number of thiazole rings is 1. The maximum atomic E-state index is 4.76. The van der Waals surface area contributed by atoms with Crippen molar-refractivity contribution in [3.63, 3.8) is 0 Å². The fourth-order valence-corrected chi connectivity index (χ4v) is 3.97. The van der Waals surface area contributed by atoms with E-state index in [4.69, 9.17) is 4.98 Å². The van der Waals surface area contributed by atoms with Crippen LogP contribution in [0.4, 0.5) is 0 Å². The number of benzene rings is 2. The summed E-state index contributed by atoms with van der Waals surface area (Å²) in [7, 11) is 0. The fourth-order valence-electron chi connectivity index (χ4n) is 2.95. The largest absolute Gasteiger partial charge is 0.246 e. The zero-order valence-corrected chi connectivity index (χ0v) is 15.3. The van der Waals surface area contributed by atoms with Crippen LogP contribution in [0.25, 0.3) is 11.1 Å². The van der Waals surface area contributed by atoms with Gasteiger partial charge in [-0.25, -0.2) is 4.98 Å². The normalized spacial score (nSPS) is 10.9. The standard InChI is InChI=1S/C22H24NS/c1-3-4-6-11-21-22(24-17(2)23-21)16-18-12-14-20(15-13-18)19-9-7-5-8-10-19/h5,7-9,12-15H,3-4,6,11,16H2,1-2H3. The Morgan fingerprint density at radius 3 is 2.58 bits per heavy atom. The van der Waals surface area contributed by atoms with Gasteiger partial charge in [-0.1, -0.05) is 68.3 Å². The summed E-state index contributed by atoms with van der Waals surface area (Å²) in [5, 5.41) is 1.19. The first-order chi connectivity index (χ1) is 11.8. The number of rotatable bonds is 7. The van der Waals surface area contributed by atoms with Crippen molar-refractivity contribution in [2.45, 2.75) is 46.0 Å². The van der Waals surface area contributed by atoms with E-state index in [9.17, 15) is 0 Å². The minimum Gasteiger partial charge on any atom is -0.246 e. The Bertz CT molecular complexity index is 756. The molecule has 0 spiro atoms. The number of aryl methyl sites for hydroxylation is 2. The highest BCUT2D eigenvalue weighted by Gasteiger charge is 2.10. The van der Waals surface area contributed by atoms with E-state index in [1.807, 2.05) is 23.5 Å². The molecule has 0 saturated carbocycles. The maximum Gasteiger partial charge on any atom is 0.0900 e. The van der Waals surface area contributed by atoms with Gasteiger partial charge in [-0.15, -0.1) is 11.3 Å². The summed E-state index contributed by atoms with van der Waals surface area (Å²) in [5.74, 6) is 0. The number of hydrogen-bond donors (Lipinski definition) is 0. The Kier molecular flexibility index (Phi) is 5.81. The Labute approximate surface area is 149 Å². The average Bonchev–Trinajstić information content (AvgIpc) is 2.96. The molecule has 0 unspecified atom stereocenters. The third kappa shape index (κ3) is 4.33.